The highest BCUT2D eigenvalue weighted by molar-refractivity contribution is 7.14. The van der Waals surface area contributed by atoms with Crippen LogP contribution in [0.15, 0.2) is 30.3 Å². The van der Waals surface area contributed by atoms with Gasteiger partial charge in [-0.2, -0.15) is 0 Å². The van der Waals surface area contributed by atoms with E-state index >= 15 is 0 Å². The van der Waals surface area contributed by atoms with E-state index in [0.29, 0.717) is 27.8 Å². The Morgan fingerprint density at radius 3 is 2.84 bits per heavy atom. The molecule has 0 saturated carbocycles. The molecular weight excluding hydrogens is 358 g/mol. The quantitative estimate of drug-likeness (QED) is 0.557. The zero-order valence-corrected chi connectivity index (χ0v) is 15.1. The molecule has 0 radical (unpaired) electrons. The molecule has 4 rings (SSSR count). The van der Waals surface area contributed by atoms with E-state index < -0.39 is 0 Å². The van der Waals surface area contributed by atoms with E-state index in [9.17, 15) is 4.79 Å². The summed E-state index contributed by atoms with van der Waals surface area (Å²) in [6.45, 7) is 1.98. The third-order valence-electron chi connectivity index (χ3n) is 4.10. The Bertz CT molecular complexity index is 1090. The predicted octanol–water partition coefficient (Wildman–Crippen LogP) is 3.54. The standard InChI is InChI=1S/C17H14ClN5OS/c1-9-3-6-14(25-9)17(24)16-12(8-15-20-21-22-23(15)2)11-5-4-10(18)7-13(11)19-16/h3-7,19H,8H2,1-2H3. The van der Waals surface area contributed by atoms with Crippen LogP contribution in [0.4, 0.5) is 0 Å². The number of fused-ring (bicyclic) bond motifs is 1. The van der Waals surface area contributed by atoms with Crippen molar-refractivity contribution >= 4 is 39.6 Å². The number of aryl methyl sites for hydroxylation is 2. The van der Waals surface area contributed by atoms with Crippen LogP contribution in [0.2, 0.25) is 5.02 Å². The van der Waals surface area contributed by atoms with E-state index in [-0.39, 0.29) is 5.78 Å². The Morgan fingerprint density at radius 1 is 1.32 bits per heavy atom. The van der Waals surface area contributed by atoms with E-state index in [2.05, 4.69) is 20.5 Å². The number of nitrogens with one attached hydrogen (secondary N) is 1. The molecule has 1 aromatic carbocycles. The number of thiophene rings is 1. The summed E-state index contributed by atoms with van der Waals surface area (Å²) < 4.78 is 1.61. The van der Waals surface area contributed by atoms with E-state index in [1.165, 1.54) is 11.3 Å². The number of rotatable bonds is 4. The first-order chi connectivity index (χ1) is 12.0. The smallest absolute Gasteiger partial charge is 0.219 e. The summed E-state index contributed by atoms with van der Waals surface area (Å²) in [6, 6.07) is 9.37. The Labute approximate surface area is 152 Å². The van der Waals surface area contributed by atoms with Gasteiger partial charge < -0.3 is 4.98 Å². The van der Waals surface area contributed by atoms with Gasteiger partial charge in [0.25, 0.3) is 0 Å². The van der Waals surface area contributed by atoms with Crippen molar-refractivity contribution in [3.63, 3.8) is 0 Å². The van der Waals surface area contributed by atoms with Crippen molar-refractivity contribution in [3.05, 3.63) is 62.2 Å². The molecule has 4 aromatic rings. The average molecular weight is 372 g/mol. The zero-order valence-electron chi connectivity index (χ0n) is 13.6. The summed E-state index contributed by atoms with van der Waals surface area (Å²) >= 11 is 7.59. The number of halogens is 1. The molecule has 3 heterocycles. The molecular formula is C17H14ClN5OS. The molecule has 0 atom stereocenters. The zero-order chi connectivity index (χ0) is 17.6. The van der Waals surface area contributed by atoms with Gasteiger partial charge in [-0.25, -0.2) is 4.68 Å². The second-order valence-electron chi connectivity index (χ2n) is 5.80. The molecule has 0 saturated heterocycles. The minimum absolute atomic E-state index is 0.0319. The SMILES string of the molecule is Cc1ccc(C(=O)c2[nH]c3cc(Cl)ccc3c2Cc2nnnn2C)s1. The molecule has 8 heteroatoms. The predicted molar refractivity (Wildman–Crippen MR) is 97.4 cm³/mol. The van der Waals surface area contributed by atoms with Crippen LogP contribution in [0.1, 0.15) is 31.6 Å². The van der Waals surface area contributed by atoms with Gasteiger partial charge >= 0.3 is 0 Å². The van der Waals surface area contributed by atoms with Crippen molar-refractivity contribution in [2.45, 2.75) is 13.3 Å². The Balaban J connectivity index is 1.88. The normalized spacial score (nSPS) is 11.3. The Hall–Kier alpha value is -2.51. The molecule has 0 amide bonds. The highest BCUT2D eigenvalue weighted by Gasteiger charge is 2.22. The van der Waals surface area contributed by atoms with Gasteiger partial charge in [-0.1, -0.05) is 17.7 Å². The Morgan fingerprint density at radius 2 is 2.16 bits per heavy atom. The second-order valence-corrected chi connectivity index (χ2v) is 7.53. The van der Waals surface area contributed by atoms with Crippen LogP contribution < -0.4 is 0 Å². The van der Waals surface area contributed by atoms with Gasteiger partial charge in [-0.3, -0.25) is 4.79 Å². The monoisotopic (exact) mass is 371 g/mol. The van der Waals surface area contributed by atoms with Gasteiger partial charge in [-0.15, -0.1) is 16.4 Å². The topological polar surface area (TPSA) is 76.5 Å². The highest BCUT2D eigenvalue weighted by atomic mass is 35.5. The molecule has 0 bridgehead atoms. The number of aromatic amines is 1. The van der Waals surface area contributed by atoms with E-state index in [0.717, 1.165) is 21.3 Å². The van der Waals surface area contributed by atoms with Crippen molar-refractivity contribution in [1.82, 2.24) is 25.2 Å². The molecule has 1 N–H and O–H groups in total. The van der Waals surface area contributed by atoms with Gasteiger partial charge in [0.15, 0.2) is 5.82 Å². The maximum absolute atomic E-state index is 13.0. The first-order valence-electron chi connectivity index (χ1n) is 7.65. The lowest BCUT2D eigenvalue weighted by atomic mass is 10.0. The van der Waals surface area contributed by atoms with Gasteiger partial charge in [0.2, 0.25) is 5.78 Å². The van der Waals surface area contributed by atoms with Crippen molar-refractivity contribution in [2.24, 2.45) is 7.05 Å². The van der Waals surface area contributed by atoms with E-state index in [1.54, 1.807) is 11.7 Å². The molecule has 25 heavy (non-hydrogen) atoms. The molecule has 3 aromatic heterocycles. The first kappa shape index (κ1) is 16.0. The summed E-state index contributed by atoms with van der Waals surface area (Å²) in [7, 11) is 1.78. The third-order valence-corrected chi connectivity index (χ3v) is 5.34. The fourth-order valence-electron chi connectivity index (χ4n) is 2.84. The number of aromatic nitrogens is 5. The van der Waals surface area contributed by atoms with Crippen molar-refractivity contribution in [2.75, 3.05) is 0 Å². The number of benzene rings is 1. The number of carbonyl (C=O) groups excluding carboxylic acids is 1. The van der Waals surface area contributed by atoms with Crippen LogP contribution in [0, 0.1) is 6.92 Å². The van der Waals surface area contributed by atoms with E-state index in [1.807, 2.05) is 37.3 Å². The largest absolute Gasteiger partial charge is 0.351 e. The van der Waals surface area contributed by atoms with Crippen LogP contribution >= 0.6 is 22.9 Å². The average Bonchev–Trinajstić information content (AvgIpc) is 3.27. The van der Waals surface area contributed by atoms with Crippen LogP contribution in [0.3, 0.4) is 0 Å². The number of tetrazole rings is 1. The summed E-state index contributed by atoms with van der Waals surface area (Å²) in [5.74, 6) is 0.655. The fraction of sp³-hybridized carbons (Fsp3) is 0.176. The van der Waals surface area contributed by atoms with E-state index in [4.69, 9.17) is 11.6 Å². The summed E-state index contributed by atoms with van der Waals surface area (Å²) in [4.78, 5) is 18.1. The maximum Gasteiger partial charge on any atom is 0.219 e. The number of carbonyl (C=O) groups is 1. The van der Waals surface area contributed by atoms with Gasteiger partial charge in [-0.05, 0) is 47.2 Å². The van der Waals surface area contributed by atoms with Gasteiger partial charge in [0, 0.05) is 34.3 Å². The van der Waals surface area contributed by atoms with Crippen LogP contribution in [0.25, 0.3) is 10.9 Å². The number of nitrogens with zero attached hydrogens (tertiary/aromatic N) is 4. The lowest BCUT2D eigenvalue weighted by Gasteiger charge is -2.03. The molecule has 0 aliphatic rings. The number of hydrogen-bond acceptors (Lipinski definition) is 5. The van der Waals surface area contributed by atoms with Crippen molar-refractivity contribution in [3.8, 4) is 0 Å². The second kappa shape index (κ2) is 6.09. The lowest BCUT2D eigenvalue weighted by Crippen LogP contribution is -2.06. The third kappa shape index (κ3) is 2.85. The lowest BCUT2D eigenvalue weighted by molar-refractivity contribution is 0.103. The molecule has 0 aliphatic carbocycles. The molecule has 0 aliphatic heterocycles. The molecule has 6 nitrogen and oxygen atoms in total. The van der Waals surface area contributed by atoms with Crippen molar-refractivity contribution in [1.29, 1.82) is 0 Å². The van der Waals surface area contributed by atoms with Gasteiger partial charge in [0.05, 0.1) is 10.6 Å². The van der Waals surface area contributed by atoms with Crippen molar-refractivity contribution < 1.29 is 4.79 Å². The first-order valence-corrected chi connectivity index (χ1v) is 8.85. The highest BCUT2D eigenvalue weighted by Crippen LogP contribution is 2.29. The van der Waals surface area contributed by atoms with Crippen LogP contribution in [-0.4, -0.2) is 31.0 Å². The van der Waals surface area contributed by atoms with Crippen LogP contribution in [0.5, 0.6) is 0 Å². The van der Waals surface area contributed by atoms with Crippen LogP contribution in [-0.2, 0) is 13.5 Å². The minimum Gasteiger partial charge on any atom is -0.351 e. The summed E-state index contributed by atoms with van der Waals surface area (Å²) in [6.07, 6.45) is 0.455. The number of hydrogen-bond donors (Lipinski definition) is 1. The number of H-pyrrole nitrogens is 1. The molecule has 0 unspecified atom stereocenters. The Kier molecular flexibility index (Phi) is 3.89. The molecule has 0 fully saturated rings. The molecule has 126 valence electrons. The number of ketones is 1. The maximum atomic E-state index is 13.0. The molecule has 0 spiro atoms. The minimum atomic E-state index is -0.0319. The summed E-state index contributed by atoms with van der Waals surface area (Å²) in [5, 5.41) is 13.2. The fourth-order valence-corrected chi connectivity index (χ4v) is 3.83. The van der Waals surface area contributed by atoms with Gasteiger partial charge in [0.1, 0.15) is 0 Å². The summed E-state index contributed by atoms with van der Waals surface area (Å²) in [5.41, 5.74) is 2.26.